The van der Waals surface area contributed by atoms with Crippen LogP contribution in [0.2, 0.25) is 0 Å². The molecule has 2 N–H and O–H groups in total. The van der Waals surface area contributed by atoms with Crippen molar-refractivity contribution < 1.29 is 26.9 Å². The van der Waals surface area contributed by atoms with Crippen molar-refractivity contribution in [1.29, 1.82) is 0 Å². The summed E-state index contributed by atoms with van der Waals surface area (Å²) in [5.41, 5.74) is 0.534. The van der Waals surface area contributed by atoms with E-state index in [-0.39, 0.29) is 24.6 Å². The molecule has 1 aromatic carbocycles. The predicted molar refractivity (Wildman–Crippen MR) is 78.0 cm³/mol. The molecule has 0 saturated heterocycles. The largest absolute Gasteiger partial charge is 0.451 e. The third kappa shape index (κ3) is 4.20. The number of aromatic nitrogens is 5. The maximum absolute atomic E-state index is 12.9. The third-order valence-corrected chi connectivity index (χ3v) is 3.14. The molecule has 26 heavy (non-hydrogen) atoms. The van der Waals surface area contributed by atoms with Gasteiger partial charge in [-0.2, -0.15) is 23.1 Å². The molecule has 0 bridgehead atoms. The molecule has 3 rings (SSSR count). The number of aryl methyl sites for hydroxylation is 1. The van der Waals surface area contributed by atoms with E-state index in [1.54, 1.807) is 5.10 Å². The predicted octanol–water partition coefficient (Wildman–Crippen LogP) is 2.58. The lowest BCUT2D eigenvalue weighted by Gasteiger charge is -1.99. The lowest BCUT2D eigenvalue weighted by Crippen LogP contribution is -2.14. The number of nitrogens with one attached hydrogen (secondary N) is 2. The monoisotopic (exact) mass is 370 g/mol. The number of nitrogens with zero attached hydrogens (tertiary/aromatic N) is 4. The average molecular weight is 370 g/mol. The number of anilines is 1. The van der Waals surface area contributed by atoms with E-state index in [1.807, 2.05) is 0 Å². The minimum absolute atomic E-state index is 0.0522. The van der Waals surface area contributed by atoms with Crippen LogP contribution in [0.3, 0.4) is 0 Å². The first-order valence-corrected chi connectivity index (χ1v) is 7.19. The highest BCUT2D eigenvalue weighted by molar-refractivity contribution is 5.88. The van der Waals surface area contributed by atoms with E-state index in [2.05, 4.69) is 25.5 Å². The molecule has 0 unspecified atom stereocenters. The van der Waals surface area contributed by atoms with Gasteiger partial charge in [-0.1, -0.05) is 5.16 Å². The van der Waals surface area contributed by atoms with Gasteiger partial charge in [0.25, 0.3) is 0 Å². The fourth-order valence-electron chi connectivity index (χ4n) is 1.92. The molecule has 0 atom stereocenters. The molecule has 0 spiro atoms. The van der Waals surface area contributed by atoms with Crippen LogP contribution in [0.5, 0.6) is 0 Å². The van der Waals surface area contributed by atoms with Crippen molar-refractivity contribution in [3.63, 3.8) is 0 Å². The Balaban J connectivity index is 1.55. The lowest BCUT2D eigenvalue weighted by atomic mass is 10.2. The van der Waals surface area contributed by atoms with Crippen LogP contribution in [0.4, 0.5) is 23.5 Å². The van der Waals surface area contributed by atoms with E-state index in [9.17, 15) is 22.4 Å². The molecular weight excluding hydrogens is 360 g/mol. The highest BCUT2D eigenvalue weighted by Crippen LogP contribution is 2.26. The van der Waals surface area contributed by atoms with Crippen LogP contribution in [0.25, 0.3) is 11.4 Å². The van der Waals surface area contributed by atoms with E-state index in [0.717, 1.165) is 0 Å². The molecule has 12 heteroatoms. The zero-order valence-corrected chi connectivity index (χ0v) is 12.8. The van der Waals surface area contributed by atoms with Gasteiger partial charge in [-0.05, 0) is 24.3 Å². The number of aromatic amines is 1. The van der Waals surface area contributed by atoms with Crippen LogP contribution in [0.15, 0.2) is 28.8 Å². The summed E-state index contributed by atoms with van der Waals surface area (Å²) < 4.78 is 55.0. The summed E-state index contributed by atoms with van der Waals surface area (Å²) in [7, 11) is 0. The molecule has 0 fully saturated rings. The summed E-state index contributed by atoms with van der Waals surface area (Å²) in [6.07, 6.45) is -4.77. The Morgan fingerprint density at radius 1 is 1.19 bits per heavy atom. The number of rotatable bonds is 5. The molecule has 0 aliphatic rings. The maximum Gasteiger partial charge on any atom is 0.451 e. The molecule has 0 saturated carbocycles. The number of carbonyl (C=O) groups excluding carboxylic acids is 1. The van der Waals surface area contributed by atoms with Crippen LogP contribution in [0.1, 0.15) is 18.1 Å². The van der Waals surface area contributed by atoms with Crippen LogP contribution < -0.4 is 5.32 Å². The minimum Gasteiger partial charge on any atom is -0.339 e. The zero-order valence-electron chi connectivity index (χ0n) is 12.8. The third-order valence-electron chi connectivity index (χ3n) is 3.14. The summed E-state index contributed by atoms with van der Waals surface area (Å²) in [5, 5.41) is 10.8. The number of carbonyl (C=O) groups is 1. The number of H-pyrrole nitrogens is 1. The maximum atomic E-state index is 12.9. The fraction of sp³-hybridized carbons (Fsp3) is 0.214. The molecule has 136 valence electrons. The SMILES string of the molecule is O=C(CCc1nc(-c2ccc(F)cc2)no1)Nc1n[nH]c(C(F)(F)F)n1. The number of hydrogen-bond donors (Lipinski definition) is 2. The van der Waals surface area contributed by atoms with Crippen molar-refractivity contribution in [2.24, 2.45) is 0 Å². The summed E-state index contributed by atoms with van der Waals surface area (Å²) in [6.45, 7) is 0. The first-order chi connectivity index (χ1) is 12.3. The Bertz CT molecular complexity index is 903. The lowest BCUT2D eigenvalue weighted by molar-refractivity contribution is -0.144. The van der Waals surface area contributed by atoms with Gasteiger partial charge in [0.15, 0.2) is 0 Å². The van der Waals surface area contributed by atoms with Crippen molar-refractivity contribution in [1.82, 2.24) is 25.3 Å². The van der Waals surface area contributed by atoms with Gasteiger partial charge in [0.1, 0.15) is 5.82 Å². The fourth-order valence-corrected chi connectivity index (χ4v) is 1.92. The van der Waals surface area contributed by atoms with Gasteiger partial charge in [0, 0.05) is 18.4 Å². The molecular formula is C14H10F4N6O2. The van der Waals surface area contributed by atoms with Crippen molar-refractivity contribution >= 4 is 11.9 Å². The normalized spacial score (nSPS) is 11.5. The Morgan fingerprint density at radius 2 is 1.92 bits per heavy atom. The minimum atomic E-state index is -4.68. The van der Waals surface area contributed by atoms with Crippen LogP contribution in [-0.4, -0.2) is 31.2 Å². The first-order valence-electron chi connectivity index (χ1n) is 7.19. The summed E-state index contributed by atoms with van der Waals surface area (Å²) in [4.78, 5) is 18.9. The number of hydrogen-bond acceptors (Lipinski definition) is 6. The van der Waals surface area contributed by atoms with E-state index >= 15 is 0 Å². The average Bonchev–Trinajstić information content (AvgIpc) is 3.22. The molecule has 8 nitrogen and oxygen atoms in total. The Labute approximate surface area is 142 Å². The van der Waals surface area contributed by atoms with E-state index in [1.165, 1.54) is 24.3 Å². The van der Waals surface area contributed by atoms with Gasteiger partial charge >= 0.3 is 6.18 Å². The van der Waals surface area contributed by atoms with Crippen molar-refractivity contribution in [3.8, 4) is 11.4 Å². The summed E-state index contributed by atoms with van der Waals surface area (Å²) in [5.74, 6) is -2.46. The second-order valence-electron chi connectivity index (χ2n) is 5.07. The second kappa shape index (κ2) is 6.90. The standard InChI is InChI=1S/C14H10F4N6O2/c15-8-3-1-7(2-4-8)11-20-10(26-24-11)6-5-9(25)19-13-21-12(22-23-13)14(16,17)18/h1-4H,5-6H2,(H2,19,21,22,23,25). The van der Waals surface area contributed by atoms with Gasteiger partial charge in [0.2, 0.25) is 29.4 Å². The second-order valence-corrected chi connectivity index (χ2v) is 5.07. The number of benzene rings is 1. The molecule has 2 heterocycles. The van der Waals surface area contributed by atoms with E-state index in [4.69, 9.17) is 4.52 Å². The van der Waals surface area contributed by atoms with Gasteiger partial charge in [-0.3, -0.25) is 15.2 Å². The van der Waals surface area contributed by atoms with Crippen LogP contribution >= 0.6 is 0 Å². The molecule has 0 aliphatic carbocycles. The zero-order chi connectivity index (χ0) is 18.7. The van der Waals surface area contributed by atoms with E-state index < -0.39 is 29.7 Å². The molecule has 0 radical (unpaired) electrons. The van der Waals surface area contributed by atoms with Crippen molar-refractivity contribution in [3.05, 3.63) is 41.8 Å². The van der Waals surface area contributed by atoms with E-state index in [0.29, 0.717) is 5.56 Å². The van der Waals surface area contributed by atoms with Gasteiger partial charge in [-0.15, -0.1) is 5.10 Å². The highest BCUT2D eigenvalue weighted by atomic mass is 19.4. The molecule has 1 amide bonds. The number of halogens is 4. The van der Waals surface area contributed by atoms with Crippen LogP contribution in [0, 0.1) is 5.82 Å². The quantitative estimate of drug-likeness (QED) is 0.668. The van der Waals surface area contributed by atoms with Crippen molar-refractivity contribution in [2.45, 2.75) is 19.0 Å². The molecule has 0 aliphatic heterocycles. The van der Waals surface area contributed by atoms with Gasteiger partial charge in [-0.25, -0.2) is 4.39 Å². The highest BCUT2D eigenvalue weighted by Gasteiger charge is 2.35. The Kier molecular flexibility index (Phi) is 4.65. The summed E-state index contributed by atoms with van der Waals surface area (Å²) >= 11 is 0. The molecule has 3 aromatic rings. The van der Waals surface area contributed by atoms with Crippen molar-refractivity contribution in [2.75, 3.05) is 5.32 Å². The topological polar surface area (TPSA) is 110 Å². The van der Waals surface area contributed by atoms with Gasteiger partial charge < -0.3 is 4.52 Å². The van der Waals surface area contributed by atoms with Gasteiger partial charge in [0.05, 0.1) is 0 Å². The molecule has 2 aromatic heterocycles. The Hall–Kier alpha value is -3.31. The summed E-state index contributed by atoms with van der Waals surface area (Å²) in [6, 6.07) is 5.42. The Morgan fingerprint density at radius 3 is 2.58 bits per heavy atom. The van der Waals surface area contributed by atoms with Crippen LogP contribution in [-0.2, 0) is 17.4 Å². The smallest absolute Gasteiger partial charge is 0.339 e. The number of alkyl halides is 3. The number of amides is 1. The first kappa shape index (κ1) is 17.5.